The summed E-state index contributed by atoms with van der Waals surface area (Å²) in [5, 5.41) is 8.82. The fourth-order valence-electron chi connectivity index (χ4n) is 1.70. The van der Waals surface area contributed by atoms with Crippen LogP contribution in [0.2, 0.25) is 0 Å². The SMILES string of the molecule is OCc1cnc(-c2ccccc2C(F)(F)F)c(F)c1. The van der Waals surface area contributed by atoms with Gasteiger partial charge in [-0.1, -0.05) is 18.2 Å². The summed E-state index contributed by atoms with van der Waals surface area (Å²) in [6.07, 6.45) is -3.44. The second kappa shape index (κ2) is 4.97. The molecule has 0 aliphatic rings. The van der Waals surface area contributed by atoms with Crippen LogP contribution in [-0.4, -0.2) is 10.1 Å². The van der Waals surface area contributed by atoms with E-state index in [9.17, 15) is 17.6 Å². The highest BCUT2D eigenvalue weighted by molar-refractivity contribution is 5.65. The molecule has 19 heavy (non-hydrogen) atoms. The standard InChI is InChI=1S/C13H9F4NO/c14-11-5-8(7-19)6-18-12(11)9-3-1-2-4-10(9)13(15,16)17/h1-6,19H,7H2. The average molecular weight is 271 g/mol. The highest BCUT2D eigenvalue weighted by atomic mass is 19.4. The molecule has 0 fully saturated rings. The second-order valence-corrected chi connectivity index (χ2v) is 3.88. The number of pyridine rings is 1. The molecular weight excluding hydrogens is 262 g/mol. The number of aliphatic hydroxyl groups excluding tert-OH is 1. The van der Waals surface area contributed by atoms with Crippen LogP contribution in [0, 0.1) is 5.82 Å². The van der Waals surface area contributed by atoms with Gasteiger partial charge in [0.1, 0.15) is 11.5 Å². The van der Waals surface area contributed by atoms with E-state index in [-0.39, 0.29) is 16.8 Å². The lowest BCUT2D eigenvalue weighted by Gasteiger charge is -2.12. The number of nitrogens with zero attached hydrogens (tertiary/aromatic N) is 1. The number of aromatic nitrogens is 1. The first-order chi connectivity index (χ1) is 8.93. The van der Waals surface area contributed by atoms with Crippen molar-refractivity contribution < 1.29 is 22.7 Å². The molecule has 0 amide bonds. The molecule has 0 atom stereocenters. The molecule has 0 aliphatic heterocycles. The molecule has 2 aromatic rings. The molecule has 0 unspecified atom stereocenters. The minimum absolute atomic E-state index is 0.200. The Kier molecular flexibility index (Phi) is 3.53. The van der Waals surface area contributed by atoms with Gasteiger partial charge in [-0.25, -0.2) is 4.39 Å². The van der Waals surface area contributed by atoms with Gasteiger partial charge in [0.2, 0.25) is 0 Å². The molecule has 0 radical (unpaired) electrons. The maximum Gasteiger partial charge on any atom is 0.417 e. The van der Waals surface area contributed by atoms with Crippen molar-refractivity contribution in [1.29, 1.82) is 0 Å². The first-order valence-corrected chi connectivity index (χ1v) is 5.35. The van der Waals surface area contributed by atoms with E-state index in [1.54, 1.807) is 0 Å². The number of hydrogen-bond acceptors (Lipinski definition) is 2. The maximum absolute atomic E-state index is 13.8. The predicted octanol–water partition coefficient (Wildman–Crippen LogP) is 3.40. The van der Waals surface area contributed by atoms with Crippen LogP contribution in [0.25, 0.3) is 11.3 Å². The molecule has 0 saturated carbocycles. The van der Waals surface area contributed by atoms with Crippen LogP contribution in [0.4, 0.5) is 17.6 Å². The first-order valence-electron chi connectivity index (χ1n) is 5.35. The molecule has 1 aromatic carbocycles. The quantitative estimate of drug-likeness (QED) is 0.849. The summed E-state index contributed by atoms with van der Waals surface area (Å²) in [7, 11) is 0. The van der Waals surface area contributed by atoms with Gasteiger partial charge in [0.25, 0.3) is 0 Å². The second-order valence-electron chi connectivity index (χ2n) is 3.88. The Morgan fingerprint density at radius 3 is 2.42 bits per heavy atom. The summed E-state index contributed by atoms with van der Waals surface area (Å²) in [6.45, 7) is -0.425. The summed E-state index contributed by atoms with van der Waals surface area (Å²) >= 11 is 0. The van der Waals surface area contributed by atoms with Crippen molar-refractivity contribution >= 4 is 0 Å². The van der Waals surface area contributed by atoms with Crippen molar-refractivity contribution in [2.24, 2.45) is 0 Å². The van der Waals surface area contributed by atoms with Gasteiger partial charge in [-0.3, -0.25) is 4.98 Å². The molecule has 6 heteroatoms. The maximum atomic E-state index is 13.8. The zero-order valence-corrected chi connectivity index (χ0v) is 9.58. The van der Waals surface area contributed by atoms with Crippen LogP contribution in [0.3, 0.4) is 0 Å². The molecule has 1 heterocycles. The Morgan fingerprint density at radius 2 is 1.84 bits per heavy atom. The van der Waals surface area contributed by atoms with Crippen LogP contribution in [0.15, 0.2) is 36.5 Å². The summed E-state index contributed by atoms with van der Waals surface area (Å²) in [4.78, 5) is 3.66. The van der Waals surface area contributed by atoms with E-state index in [0.717, 1.165) is 24.4 Å². The zero-order valence-electron chi connectivity index (χ0n) is 9.58. The van der Waals surface area contributed by atoms with Crippen molar-refractivity contribution in [2.75, 3.05) is 0 Å². The Morgan fingerprint density at radius 1 is 1.16 bits per heavy atom. The normalized spacial score (nSPS) is 11.6. The van der Waals surface area contributed by atoms with Crippen molar-refractivity contribution in [1.82, 2.24) is 4.98 Å². The van der Waals surface area contributed by atoms with Crippen LogP contribution in [-0.2, 0) is 12.8 Å². The summed E-state index contributed by atoms with van der Waals surface area (Å²) in [5.74, 6) is -0.900. The van der Waals surface area contributed by atoms with Crippen LogP contribution >= 0.6 is 0 Å². The third kappa shape index (κ3) is 2.73. The summed E-state index contributed by atoms with van der Waals surface area (Å²) in [5.41, 5.74) is -1.45. The van der Waals surface area contributed by atoms with Gasteiger partial charge >= 0.3 is 6.18 Å². The number of halogens is 4. The van der Waals surface area contributed by atoms with Gasteiger partial charge in [-0.2, -0.15) is 13.2 Å². The minimum atomic E-state index is -4.58. The van der Waals surface area contributed by atoms with E-state index in [4.69, 9.17) is 5.11 Å². The number of rotatable bonds is 2. The van der Waals surface area contributed by atoms with Gasteiger partial charge < -0.3 is 5.11 Å². The van der Waals surface area contributed by atoms with E-state index in [2.05, 4.69) is 4.98 Å². The predicted molar refractivity (Wildman–Crippen MR) is 60.6 cm³/mol. The number of alkyl halides is 3. The largest absolute Gasteiger partial charge is 0.417 e. The third-order valence-corrected chi connectivity index (χ3v) is 2.57. The lowest BCUT2D eigenvalue weighted by atomic mass is 10.0. The van der Waals surface area contributed by atoms with E-state index in [0.29, 0.717) is 0 Å². The Bertz CT molecular complexity index is 595. The van der Waals surface area contributed by atoms with Crippen molar-refractivity contribution in [3.63, 3.8) is 0 Å². The van der Waals surface area contributed by atoms with E-state index in [1.165, 1.54) is 12.1 Å². The molecule has 1 aromatic heterocycles. The summed E-state index contributed by atoms with van der Waals surface area (Å²) in [6, 6.07) is 5.61. The highest BCUT2D eigenvalue weighted by Gasteiger charge is 2.34. The van der Waals surface area contributed by atoms with Gasteiger partial charge in [-0.05, 0) is 17.7 Å². The van der Waals surface area contributed by atoms with Crippen LogP contribution < -0.4 is 0 Å². The topological polar surface area (TPSA) is 33.1 Å². The van der Waals surface area contributed by atoms with Crippen molar-refractivity contribution in [3.05, 3.63) is 53.5 Å². The highest BCUT2D eigenvalue weighted by Crippen LogP contribution is 2.36. The monoisotopic (exact) mass is 271 g/mol. The molecular formula is C13H9F4NO. The molecule has 0 aliphatic carbocycles. The van der Waals surface area contributed by atoms with Gasteiger partial charge in [-0.15, -0.1) is 0 Å². The summed E-state index contributed by atoms with van der Waals surface area (Å²) < 4.78 is 52.2. The molecule has 0 bridgehead atoms. The smallest absolute Gasteiger partial charge is 0.392 e. The Hall–Kier alpha value is -1.95. The molecule has 100 valence electrons. The fourth-order valence-corrected chi connectivity index (χ4v) is 1.70. The zero-order chi connectivity index (χ0) is 14.0. The Labute approximate surface area is 106 Å². The van der Waals surface area contributed by atoms with Crippen LogP contribution in [0.1, 0.15) is 11.1 Å². The molecule has 0 spiro atoms. The number of benzene rings is 1. The van der Waals surface area contributed by atoms with E-state index in [1.807, 2.05) is 0 Å². The van der Waals surface area contributed by atoms with Gasteiger partial charge in [0, 0.05) is 11.8 Å². The lowest BCUT2D eigenvalue weighted by Crippen LogP contribution is -2.08. The number of aliphatic hydroxyl groups is 1. The third-order valence-electron chi connectivity index (χ3n) is 2.57. The lowest BCUT2D eigenvalue weighted by molar-refractivity contribution is -0.137. The molecule has 2 rings (SSSR count). The van der Waals surface area contributed by atoms with E-state index < -0.39 is 24.2 Å². The molecule has 0 saturated heterocycles. The van der Waals surface area contributed by atoms with Gasteiger partial charge in [0.05, 0.1) is 12.2 Å². The van der Waals surface area contributed by atoms with Crippen molar-refractivity contribution in [2.45, 2.75) is 12.8 Å². The van der Waals surface area contributed by atoms with Gasteiger partial charge in [0.15, 0.2) is 0 Å². The van der Waals surface area contributed by atoms with Crippen molar-refractivity contribution in [3.8, 4) is 11.3 Å². The Balaban J connectivity index is 2.60. The number of hydrogen-bond donors (Lipinski definition) is 1. The molecule has 2 nitrogen and oxygen atoms in total. The first kappa shape index (κ1) is 13.5. The van der Waals surface area contributed by atoms with E-state index >= 15 is 0 Å². The average Bonchev–Trinajstić information content (AvgIpc) is 2.37. The fraction of sp³-hybridized carbons (Fsp3) is 0.154. The molecule has 1 N–H and O–H groups in total. The van der Waals surface area contributed by atoms with Crippen LogP contribution in [0.5, 0.6) is 0 Å². The minimum Gasteiger partial charge on any atom is -0.392 e.